The van der Waals surface area contributed by atoms with E-state index in [0.29, 0.717) is 19.6 Å². The monoisotopic (exact) mass is 217 g/mol. The van der Waals surface area contributed by atoms with Gasteiger partial charge in [0.15, 0.2) is 0 Å². The summed E-state index contributed by atoms with van der Waals surface area (Å²) in [7, 11) is 0. The molecule has 1 unspecified atom stereocenters. The van der Waals surface area contributed by atoms with Gasteiger partial charge in [0.1, 0.15) is 0 Å². The van der Waals surface area contributed by atoms with Crippen LogP contribution in [0.2, 0.25) is 0 Å². The molecule has 4 nitrogen and oxygen atoms in total. The predicted molar refractivity (Wildman–Crippen MR) is 59.6 cm³/mol. The van der Waals surface area contributed by atoms with Gasteiger partial charge < -0.3 is 9.84 Å². The molecule has 90 valence electrons. The number of rotatable bonds is 7. The molecule has 0 amide bonds. The first-order valence-electron chi connectivity index (χ1n) is 5.58. The van der Waals surface area contributed by atoms with E-state index in [1.807, 2.05) is 25.7 Å². The minimum Gasteiger partial charge on any atom is -0.465 e. The highest BCUT2D eigenvalue weighted by Crippen LogP contribution is 2.02. The van der Waals surface area contributed by atoms with Crippen LogP contribution in [0.1, 0.15) is 34.1 Å². The van der Waals surface area contributed by atoms with Crippen LogP contribution in [-0.4, -0.2) is 47.8 Å². The highest BCUT2D eigenvalue weighted by atomic mass is 16.5. The van der Waals surface area contributed by atoms with Gasteiger partial charge in [0.25, 0.3) is 0 Å². The summed E-state index contributed by atoms with van der Waals surface area (Å²) >= 11 is 0. The molecule has 1 atom stereocenters. The molecule has 0 aliphatic heterocycles. The summed E-state index contributed by atoms with van der Waals surface area (Å²) in [5.74, 6) is -0.227. The highest BCUT2D eigenvalue weighted by molar-refractivity contribution is 5.71. The number of carbonyl (C=O) groups excluding carboxylic acids is 1. The van der Waals surface area contributed by atoms with E-state index >= 15 is 0 Å². The van der Waals surface area contributed by atoms with Crippen LogP contribution in [0.4, 0.5) is 0 Å². The number of hydrogen-bond donors (Lipinski definition) is 1. The molecule has 0 saturated carbocycles. The zero-order valence-corrected chi connectivity index (χ0v) is 10.2. The predicted octanol–water partition coefficient (Wildman–Crippen LogP) is 1.03. The smallest absolute Gasteiger partial charge is 0.320 e. The number of nitrogens with zero attached hydrogens (tertiary/aromatic N) is 1. The maximum atomic E-state index is 11.3. The average Bonchev–Trinajstić information content (AvgIpc) is 2.16. The Hall–Kier alpha value is -0.610. The summed E-state index contributed by atoms with van der Waals surface area (Å²) in [6.45, 7) is 8.89. The zero-order valence-electron chi connectivity index (χ0n) is 10.2. The van der Waals surface area contributed by atoms with Crippen molar-refractivity contribution in [2.45, 2.75) is 46.3 Å². The van der Waals surface area contributed by atoms with Crippen molar-refractivity contribution < 1.29 is 14.6 Å². The van der Waals surface area contributed by atoms with E-state index in [-0.39, 0.29) is 24.7 Å². The Balaban J connectivity index is 4.09. The Kier molecular flexibility index (Phi) is 7.34. The quantitative estimate of drug-likeness (QED) is 0.647. The molecule has 4 heteroatoms. The number of aliphatic hydroxyl groups excluding tert-OH is 1. The van der Waals surface area contributed by atoms with Gasteiger partial charge in [-0.3, -0.25) is 9.69 Å². The molecule has 0 aromatic carbocycles. The molecule has 0 rings (SSSR count). The molecule has 0 saturated heterocycles. The fraction of sp³-hybridized carbons (Fsp3) is 0.909. The SMILES string of the molecule is CCOC(=O)CN(CC(O)CC)C(C)C. The number of carbonyl (C=O) groups is 1. The summed E-state index contributed by atoms with van der Waals surface area (Å²) in [6, 6.07) is 0.232. The van der Waals surface area contributed by atoms with E-state index in [9.17, 15) is 9.90 Å². The van der Waals surface area contributed by atoms with Gasteiger partial charge in [-0.1, -0.05) is 6.92 Å². The van der Waals surface area contributed by atoms with Gasteiger partial charge in [-0.2, -0.15) is 0 Å². The average molecular weight is 217 g/mol. The van der Waals surface area contributed by atoms with E-state index < -0.39 is 0 Å². The Morgan fingerprint density at radius 1 is 1.40 bits per heavy atom. The second-order valence-corrected chi connectivity index (χ2v) is 3.89. The third kappa shape index (κ3) is 6.47. The molecule has 15 heavy (non-hydrogen) atoms. The number of ether oxygens (including phenoxy) is 1. The highest BCUT2D eigenvalue weighted by Gasteiger charge is 2.17. The van der Waals surface area contributed by atoms with Crippen LogP contribution in [-0.2, 0) is 9.53 Å². The van der Waals surface area contributed by atoms with Crippen LogP contribution in [0, 0.1) is 0 Å². The lowest BCUT2D eigenvalue weighted by molar-refractivity contribution is -0.145. The molecular weight excluding hydrogens is 194 g/mol. The third-order valence-electron chi connectivity index (χ3n) is 2.28. The normalized spacial score (nSPS) is 13.3. The van der Waals surface area contributed by atoms with Crippen LogP contribution in [0.25, 0.3) is 0 Å². The van der Waals surface area contributed by atoms with Crippen molar-refractivity contribution in [3.8, 4) is 0 Å². The fourth-order valence-electron chi connectivity index (χ4n) is 1.23. The number of aliphatic hydroxyl groups is 1. The summed E-state index contributed by atoms with van der Waals surface area (Å²) in [5.41, 5.74) is 0. The Labute approximate surface area is 92.2 Å². The maximum Gasteiger partial charge on any atom is 0.320 e. The van der Waals surface area contributed by atoms with Crippen molar-refractivity contribution >= 4 is 5.97 Å². The molecule has 0 aliphatic carbocycles. The van der Waals surface area contributed by atoms with E-state index in [0.717, 1.165) is 0 Å². The van der Waals surface area contributed by atoms with Crippen molar-refractivity contribution in [1.29, 1.82) is 0 Å². The molecule has 0 aliphatic rings. The topological polar surface area (TPSA) is 49.8 Å². The lowest BCUT2D eigenvalue weighted by atomic mass is 10.2. The van der Waals surface area contributed by atoms with Crippen LogP contribution < -0.4 is 0 Å². The van der Waals surface area contributed by atoms with Crippen molar-refractivity contribution in [2.24, 2.45) is 0 Å². The molecule has 0 spiro atoms. The lowest BCUT2D eigenvalue weighted by Gasteiger charge is -2.27. The van der Waals surface area contributed by atoms with Gasteiger partial charge in [0.2, 0.25) is 0 Å². The van der Waals surface area contributed by atoms with Gasteiger partial charge in [0, 0.05) is 12.6 Å². The Morgan fingerprint density at radius 3 is 2.40 bits per heavy atom. The molecule has 0 bridgehead atoms. The first-order chi connectivity index (χ1) is 7.01. The molecule has 0 heterocycles. The molecular formula is C11H23NO3. The van der Waals surface area contributed by atoms with E-state index in [1.54, 1.807) is 6.92 Å². The second kappa shape index (κ2) is 7.65. The molecule has 0 fully saturated rings. The Bertz CT molecular complexity index is 183. The lowest BCUT2D eigenvalue weighted by Crippen LogP contribution is -2.41. The van der Waals surface area contributed by atoms with E-state index in [4.69, 9.17) is 4.74 Å². The van der Waals surface area contributed by atoms with Crippen LogP contribution in [0.5, 0.6) is 0 Å². The minimum absolute atomic E-state index is 0.227. The first-order valence-corrected chi connectivity index (χ1v) is 5.58. The first kappa shape index (κ1) is 14.4. The van der Waals surface area contributed by atoms with Crippen molar-refractivity contribution in [2.75, 3.05) is 19.7 Å². The van der Waals surface area contributed by atoms with Crippen LogP contribution in [0.15, 0.2) is 0 Å². The van der Waals surface area contributed by atoms with E-state index in [1.165, 1.54) is 0 Å². The van der Waals surface area contributed by atoms with Gasteiger partial charge in [-0.05, 0) is 27.2 Å². The zero-order chi connectivity index (χ0) is 11.8. The standard InChI is InChI=1S/C11H23NO3/c1-5-10(13)7-12(9(3)4)8-11(14)15-6-2/h9-10,13H,5-8H2,1-4H3. The number of esters is 1. The minimum atomic E-state index is -0.373. The summed E-state index contributed by atoms with van der Waals surface area (Å²) < 4.78 is 4.88. The maximum absolute atomic E-state index is 11.3. The summed E-state index contributed by atoms with van der Waals surface area (Å²) in [6.07, 6.45) is 0.327. The number of hydrogen-bond acceptors (Lipinski definition) is 4. The van der Waals surface area contributed by atoms with Crippen LogP contribution in [0.3, 0.4) is 0 Å². The Morgan fingerprint density at radius 2 is 2.00 bits per heavy atom. The largest absolute Gasteiger partial charge is 0.465 e. The van der Waals surface area contributed by atoms with Crippen molar-refractivity contribution in [1.82, 2.24) is 4.90 Å². The molecule has 0 aromatic heterocycles. The van der Waals surface area contributed by atoms with Crippen molar-refractivity contribution in [3.63, 3.8) is 0 Å². The van der Waals surface area contributed by atoms with E-state index in [2.05, 4.69) is 0 Å². The third-order valence-corrected chi connectivity index (χ3v) is 2.28. The molecule has 0 radical (unpaired) electrons. The second-order valence-electron chi connectivity index (χ2n) is 3.89. The van der Waals surface area contributed by atoms with Gasteiger partial charge in [0.05, 0.1) is 19.3 Å². The summed E-state index contributed by atoms with van der Waals surface area (Å²) in [4.78, 5) is 13.2. The van der Waals surface area contributed by atoms with Gasteiger partial charge in [-0.25, -0.2) is 0 Å². The molecule has 0 aromatic rings. The van der Waals surface area contributed by atoms with Gasteiger partial charge >= 0.3 is 5.97 Å². The van der Waals surface area contributed by atoms with Crippen molar-refractivity contribution in [3.05, 3.63) is 0 Å². The fourth-order valence-corrected chi connectivity index (χ4v) is 1.23. The van der Waals surface area contributed by atoms with Crippen LogP contribution >= 0.6 is 0 Å². The van der Waals surface area contributed by atoms with Gasteiger partial charge in [-0.15, -0.1) is 0 Å². The molecule has 1 N–H and O–H groups in total. The summed E-state index contributed by atoms with van der Waals surface area (Å²) in [5, 5.41) is 9.53.